The van der Waals surface area contributed by atoms with Crippen LogP contribution in [0.4, 0.5) is 8.78 Å². The van der Waals surface area contributed by atoms with Crippen LogP contribution in [-0.2, 0) is 11.2 Å². The van der Waals surface area contributed by atoms with E-state index >= 15 is 0 Å². The van der Waals surface area contributed by atoms with Crippen LogP contribution in [0.1, 0.15) is 38.7 Å². The van der Waals surface area contributed by atoms with E-state index in [9.17, 15) is 13.6 Å². The molecule has 0 spiro atoms. The summed E-state index contributed by atoms with van der Waals surface area (Å²) in [6.45, 7) is 4.77. The highest BCUT2D eigenvalue weighted by molar-refractivity contribution is 5.85. The van der Waals surface area contributed by atoms with Gasteiger partial charge in [0.25, 0.3) is 0 Å². The summed E-state index contributed by atoms with van der Waals surface area (Å²) >= 11 is 0. The van der Waals surface area contributed by atoms with Gasteiger partial charge in [-0.05, 0) is 42.9 Å². The third-order valence-corrected chi connectivity index (χ3v) is 3.92. The molecule has 0 aliphatic rings. The second-order valence-corrected chi connectivity index (χ2v) is 6.11. The van der Waals surface area contributed by atoms with Gasteiger partial charge in [-0.1, -0.05) is 19.9 Å². The number of carbonyl (C=O) groups excluding carboxylic acids is 1. The lowest BCUT2D eigenvalue weighted by Crippen LogP contribution is -2.34. The zero-order valence-corrected chi connectivity index (χ0v) is 14.8. The van der Waals surface area contributed by atoms with Crippen molar-refractivity contribution in [3.05, 3.63) is 35.4 Å². The molecule has 132 valence electrons. The maximum Gasteiger partial charge on any atom is 0.222 e. The third-order valence-electron chi connectivity index (χ3n) is 3.92. The molecular weight excluding hydrogens is 322 g/mol. The van der Waals surface area contributed by atoms with E-state index in [0.717, 1.165) is 12.5 Å². The van der Waals surface area contributed by atoms with Gasteiger partial charge >= 0.3 is 0 Å². The fourth-order valence-electron chi connectivity index (χ4n) is 2.13. The van der Waals surface area contributed by atoms with Gasteiger partial charge in [-0.2, -0.15) is 0 Å². The minimum absolute atomic E-state index is 0. The second-order valence-electron chi connectivity index (χ2n) is 6.11. The van der Waals surface area contributed by atoms with Crippen LogP contribution < -0.4 is 5.73 Å². The van der Waals surface area contributed by atoms with E-state index < -0.39 is 11.6 Å². The zero-order valence-electron chi connectivity index (χ0n) is 14.0. The number of amides is 1. The van der Waals surface area contributed by atoms with Gasteiger partial charge in [0.05, 0.1) is 0 Å². The fraction of sp³-hybridized carbons (Fsp3) is 0.588. The molecule has 0 aliphatic heterocycles. The normalized spacial score (nSPS) is 12.0. The summed E-state index contributed by atoms with van der Waals surface area (Å²) in [6.07, 6.45) is 2.35. The van der Waals surface area contributed by atoms with Gasteiger partial charge in [-0.3, -0.25) is 4.79 Å². The van der Waals surface area contributed by atoms with E-state index in [4.69, 9.17) is 5.73 Å². The monoisotopic (exact) mass is 348 g/mol. The summed E-state index contributed by atoms with van der Waals surface area (Å²) in [5, 5.41) is 0. The van der Waals surface area contributed by atoms with Crippen molar-refractivity contribution in [2.45, 2.75) is 45.6 Å². The smallest absolute Gasteiger partial charge is 0.222 e. The van der Waals surface area contributed by atoms with E-state index in [2.05, 4.69) is 13.8 Å². The highest BCUT2D eigenvalue weighted by Gasteiger charge is 2.12. The van der Waals surface area contributed by atoms with E-state index in [-0.39, 0.29) is 24.4 Å². The molecular formula is C17H27ClF2N2O. The predicted octanol–water partition coefficient (Wildman–Crippen LogP) is 3.54. The molecule has 0 fully saturated rings. The van der Waals surface area contributed by atoms with Crippen molar-refractivity contribution in [1.82, 2.24) is 4.90 Å². The molecule has 0 heterocycles. The number of aryl methyl sites for hydroxylation is 1. The van der Waals surface area contributed by atoms with Crippen LogP contribution in [0.3, 0.4) is 0 Å². The maximum atomic E-state index is 13.1. The van der Waals surface area contributed by atoms with Gasteiger partial charge in [0.2, 0.25) is 5.91 Å². The highest BCUT2D eigenvalue weighted by atomic mass is 35.5. The molecule has 1 aromatic carbocycles. The first kappa shape index (κ1) is 21.8. The summed E-state index contributed by atoms with van der Waals surface area (Å²) in [7, 11) is 1.77. The average molecular weight is 349 g/mol. The number of halogens is 3. The molecule has 2 N–H and O–H groups in total. The van der Waals surface area contributed by atoms with Crippen molar-refractivity contribution in [1.29, 1.82) is 0 Å². The Labute approximate surface area is 143 Å². The lowest BCUT2D eigenvalue weighted by molar-refractivity contribution is -0.130. The van der Waals surface area contributed by atoms with E-state index in [1.165, 1.54) is 6.07 Å². The van der Waals surface area contributed by atoms with Crippen LogP contribution in [0.15, 0.2) is 18.2 Å². The van der Waals surface area contributed by atoms with Crippen molar-refractivity contribution >= 4 is 18.3 Å². The molecule has 6 heteroatoms. The summed E-state index contributed by atoms with van der Waals surface area (Å²) in [6, 6.07) is 3.95. The molecule has 0 aromatic heterocycles. The van der Waals surface area contributed by atoms with Crippen molar-refractivity contribution in [3.8, 4) is 0 Å². The quantitative estimate of drug-likeness (QED) is 0.781. The van der Waals surface area contributed by atoms with Crippen molar-refractivity contribution in [2.24, 2.45) is 11.7 Å². The van der Waals surface area contributed by atoms with Crippen LogP contribution in [0.25, 0.3) is 0 Å². The molecule has 0 saturated heterocycles. The van der Waals surface area contributed by atoms with Crippen LogP contribution in [-0.4, -0.2) is 30.4 Å². The first-order chi connectivity index (χ1) is 10.3. The van der Waals surface area contributed by atoms with Gasteiger partial charge in [-0.25, -0.2) is 8.78 Å². The minimum atomic E-state index is -0.846. The Morgan fingerprint density at radius 3 is 2.48 bits per heavy atom. The number of rotatable bonds is 8. The molecule has 1 unspecified atom stereocenters. The van der Waals surface area contributed by atoms with Crippen molar-refractivity contribution < 1.29 is 13.6 Å². The average Bonchev–Trinajstić information content (AvgIpc) is 2.47. The second kappa shape index (κ2) is 10.6. The Hall–Kier alpha value is -1.20. The van der Waals surface area contributed by atoms with E-state index in [1.54, 1.807) is 18.0 Å². The molecule has 0 radical (unpaired) electrons. The SMILES string of the molecule is CC(C)C(N)CCN(C)C(=O)CCCc1ccc(F)c(F)c1.Cl. The Kier molecular flexibility index (Phi) is 10.0. The number of hydrogen-bond donors (Lipinski definition) is 1. The van der Waals surface area contributed by atoms with Gasteiger partial charge in [0.1, 0.15) is 0 Å². The summed E-state index contributed by atoms with van der Waals surface area (Å²) in [4.78, 5) is 13.7. The summed E-state index contributed by atoms with van der Waals surface area (Å²) < 4.78 is 25.9. The zero-order chi connectivity index (χ0) is 16.7. The number of hydrogen-bond acceptors (Lipinski definition) is 2. The Morgan fingerprint density at radius 2 is 1.91 bits per heavy atom. The fourth-order valence-corrected chi connectivity index (χ4v) is 2.13. The molecule has 3 nitrogen and oxygen atoms in total. The summed E-state index contributed by atoms with van der Waals surface area (Å²) in [5.74, 6) is -1.24. The molecule has 1 rings (SSSR count). The van der Waals surface area contributed by atoms with Gasteiger partial charge in [0, 0.05) is 26.1 Å². The van der Waals surface area contributed by atoms with Crippen LogP contribution in [0, 0.1) is 17.6 Å². The largest absolute Gasteiger partial charge is 0.346 e. The number of benzene rings is 1. The molecule has 0 aliphatic carbocycles. The highest BCUT2D eigenvalue weighted by Crippen LogP contribution is 2.12. The molecule has 1 amide bonds. The van der Waals surface area contributed by atoms with Crippen LogP contribution >= 0.6 is 12.4 Å². The molecule has 1 atom stereocenters. The molecule has 0 bridgehead atoms. The first-order valence-electron chi connectivity index (χ1n) is 7.74. The summed E-state index contributed by atoms with van der Waals surface area (Å²) in [5.41, 5.74) is 6.67. The number of nitrogens with two attached hydrogens (primary N) is 1. The van der Waals surface area contributed by atoms with Crippen LogP contribution in [0.2, 0.25) is 0 Å². The Morgan fingerprint density at radius 1 is 1.26 bits per heavy atom. The first-order valence-corrected chi connectivity index (χ1v) is 7.74. The lowest BCUT2D eigenvalue weighted by Gasteiger charge is -2.21. The van der Waals surface area contributed by atoms with Gasteiger partial charge < -0.3 is 10.6 Å². The van der Waals surface area contributed by atoms with Crippen molar-refractivity contribution in [2.75, 3.05) is 13.6 Å². The third kappa shape index (κ3) is 7.75. The van der Waals surface area contributed by atoms with E-state index in [0.29, 0.717) is 37.3 Å². The molecule has 1 aromatic rings. The number of carbonyl (C=O) groups is 1. The maximum absolute atomic E-state index is 13.1. The lowest BCUT2D eigenvalue weighted by atomic mass is 10.0. The molecule has 0 saturated carbocycles. The van der Waals surface area contributed by atoms with Crippen LogP contribution in [0.5, 0.6) is 0 Å². The van der Waals surface area contributed by atoms with Crippen molar-refractivity contribution in [3.63, 3.8) is 0 Å². The molecule has 23 heavy (non-hydrogen) atoms. The number of nitrogens with zero attached hydrogens (tertiary/aromatic N) is 1. The van der Waals surface area contributed by atoms with Gasteiger partial charge in [-0.15, -0.1) is 12.4 Å². The van der Waals surface area contributed by atoms with Gasteiger partial charge in [0.15, 0.2) is 11.6 Å². The predicted molar refractivity (Wildman–Crippen MR) is 91.6 cm³/mol. The standard InChI is InChI=1S/C17H26F2N2O.ClH/c1-12(2)16(20)9-10-21(3)17(22)6-4-5-13-7-8-14(18)15(19)11-13;/h7-8,11-12,16H,4-6,9-10,20H2,1-3H3;1H. The Balaban J connectivity index is 0.00000484. The Bertz CT molecular complexity index is 497. The topological polar surface area (TPSA) is 46.3 Å². The minimum Gasteiger partial charge on any atom is -0.346 e. The van der Waals surface area contributed by atoms with E-state index in [1.807, 2.05) is 0 Å².